The Labute approximate surface area is 127 Å². The van der Waals surface area contributed by atoms with Gasteiger partial charge in [-0.3, -0.25) is 0 Å². The molecule has 2 rings (SSSR count). The minimum absolute atomic E-state index is 0.139. The summed E-state index contributed by atoms with van der Waals surface area (Å²) in [7, 11) is 0. The highest BCUT2D eigenvalue weighted by atomic mass is 79.9. The molecule has 0 radical (unpaired) electrons. The van der Waals surface area contributed by atoms with Gasteiger partial charge in [0.25, 0.3) is 0 Å². The number of hydrogen-bond donors (Lipinski definition) is 1. The molecule has 0 unspecified atom stereocenters. The topological polar surface area (TPSA) is 24.9 Å². The van der Waals surface area contributed by atoms with Crippen molar-refractivity contribution in [3.05, 3.63) is 50.4 Å². The van der Waals surface area contributed by atoms with E-state index in [1.54, 1.807) is 11.3 Å². The Balaban J connectivity index is 1.86. The fourth-order valence-electron chi connectivity index (χ4n) is 1.65. The van der Waals surface area contributed by atoms with Crippen LogP contribution >= 0.6 is 27.3 Å². The molecule has 0 bridgehead atoms. The molecule has 1 aromatic carbocycles. The summed E-state index contributed by atoms with van der Waals surface area (Å²) in [5, 5.41) is 6.75. The zero-order valence-corrected chi connectivity index (χ0v) is 13.9. The molecule has 0 amide bonds. The summed E-state index contributed by atoms with van der Waals surface area (Å²) >= 11 is 5.18. The van der Waals surface area contributed by atoms with Gasteiger partial charge < -0.3 is 5.32 Å². The monoisotopic (exact) mass is 338 g/mol. The Kier molecular flexibility index (Phi) is 4.76. The van der Waals surface area contributed by atoms with Crippen molar-refractivity contribution in [1.82, 2.24) is 10.3 Å². The number of rotatable bonds is 4. The van der Waals surface area contributed by atoms with E-state index in [-0.39, 0.29) is 5.41 Å². The van der Waals surface area contributed by atoms with Crippen molar-refractivity contribution in [2.75, 3.05) is 0 Å². The number of benzene rings is 1. The van der Waals surface area contributed by atoms with Crippen molar-refractivity contribution in [3.63, 3.8) is 0 Å². The molecule has 19 heavy (non-hydrogen) atoms. The Morgan fingerprint density at radius 1 is 1.16 bits per heavy atom. The third-order valence-electron chi connectivity index (χ3n) is 2.84. The van der Waals surface area contributed by atoms with Crippen molar-refractivity contribution in [2.45, 2.75) is 39.3 Å². The van der Waals surface area contributed by atoms with Crippen LogP contribution in [0.5, 0.6) is 0 Å². The molecule has 0 fully saturated rings. The molecule has 1 N–H and O–H groups in total. The van der Waals surface area contributed by atoms with E-state index in [2.05, 4.69) is 76.6 Å². The molecule has 0 atom stereocenters. The highest BCUT2D eigenvalue weighted by Gasteiger charge is 2.17. The molecule has 0 aliphatic heterocycles. The van der Waals surface area contributed by atoms with Gasteiger partial charge in [-0.15, -0.1) is 11.3 Å². The molecule has 0 aliphatic rings. The van der Waals surface area contributed by atoms with Gasteiger partial charge in [0.05, 0.1) is 5.69 Å². The summed E-state index contributed by atoms with van der Waals surface area (Å²) in [5.74, 6) is 0. The standard InChI is InChI=1S/C15H19BrN2S/c1-15(2,3)13-10-19-14(18-13)9-17-8-11-4-6-12(16)7-5-11/h4-7,10,17H,8-9H2,1-3H3. The second-order valence-corrected chi connectivity index (χ2v) is 7.46. The van der Waals surface area contributed by atoms with Crippen molar-refractivity contribution < 1.29 is 0 Å². The first-order valence-corrected chi connectivity index (χ1v) is 8.02. The number of nitrogens with zero attached hydrogens (tertiary/aromatic N) is 1. The van der Waals surface area contributed by atoms with Crippen molar-refractivity contribution in [2.24, 2.45) is 0 Å². The molecule has 2 aromatic rings. The average molecular weight is 339 g/mol. The maximum atomic E-state index is 4.68. The van der Waals surface area contributed by atoms with Gasteiger partial charge in [0, 0.05) is 28.4 Å². The number of hydrogen-bond acceptors (Lipinski definition) is 3. The Bertz CT molecular complexity index is 526. The summed E-state index contributed by atoms with van der Waals surface area (Å²) < 4.78 is 1.12. The lowest BCUT2D eigenvalue weighted by Crippen LogP contribution is -2.14. The van der Waals surface area contributed by atoms with Gasteiger partial charge in [0.15, 0.2) is 0 Å². The maximum Gasteiger partial charge on any atom is 0.107 e. The smallest absolute Gasteiger partial charge is 0.107 e. The molecule has 4 heteroatoms. The quantitative estimate of drug-likeness (QED) is 0.888. The van der Waals surface area contributed by atoms with Crippen LogP contribution in [0.15, 0.2) is 34.1 Å². The van der Waals surface area contributed by atoms with E-state index >= 15 is 0 Å². The first kappa shape index (κ1) is 14.7. The Morgan fingerprint density at radius 3 is 2.42 bits per heavy atom. The fourth-order valence-corrected chi connectivity index (χ4v) is 2.91. The van der Waals surface area contributed by atoms with Crippen molar-refractivity contribution in [3.8, 4) is 0 Å². The lowest BCUT2D eigenvalue weighted by molar-refractivity contribution is 0.568. The molecule has 0 aliphatic carbocycles. The molecular formula is C15H19BrN2S. The van der Waals surface area contributed by atoms with Gasteiger partial charge in [0.2, 0.25) is 0 Å². The zero-order valence-electron chi connectivity index (χ0n) is 11.5. The lowest BCUT2D eigenvalue weighted by Gasteiger charge is -2.14. The predicted molar refractivity (Wildman–Crippen MR) is 85.5 cm³/mol. The van der Waals surface area contributed by atoms with Gasteiger partial charge in [-0.1, -0.05) is 48.8 Å². The normalized spacial score (nSPS) is 11.8. The third kappa shape index (κ3) is 4.41. The minimum atomic E-state index is 0.139. The second-order valence-electron chi connectivity index (χ2n) is 5.61. The van der Waals surface area contributed by atoms with Gasteiger partial charge in [-0.05, 0) is 17.7 Å². The summed E-state index contributed by atoms with van der Waals surface area (Å²) in [4.78, 5) is 4.68. The van der Waals surface area contributed by atoms with Gasteiger partial charge >= 0.3 is 0 Å². The molecule has 0 saturated heterocycles. The summed E-state index contributed by atoms with van der Waals surface area (Å²) in [5.41, 5.74) is 2.61. The molecule has 1 aromatic heterocycles. The van der Waals surface area contributed by atoms with Crippen LogP contribution in [0, 0.1) is 0 Å². The number of thiazole rings is 1. The van der Waals surface area contributed by atoms with Crippen LogP contribution < -0.4 is 5.32 Å². The van der Waals surface area contributed by atoms with E-state index in [0.717, 1.165) is 22.6 Å². The maximum absolute atomic E-state index is 4.68. The van der Waals surface area contributed by atoms with Gasteiger partial charge in [-0.25, -0.2) is 4.98 Å². The molecule has 2 nitrogen and oxygen atoms in total. The van der Waals surface area contributed by atoms with E-state index in [9.17, 15) is 0 Å². The van der Waals surface area contributed by atoms with Crippen LogP contribution in [0.4, 0.5) is 0 Å². The SMILES string of the molecule is CC(C)(C)c1csc(CNCc2ccc(Br)cc2)n1. The van der Waals surface area contributed by atoms with E-state index in [4.69, 9.17) is 0 Å². The highest BCUT2D eigenvalue weighted by Crippen LogP contribution is 2.23. The summed E-state index contributed by atoms with van der Waals surface area (Å²) in [6, 6.07) is 8.38. The third-order valence-corrected chi connectivity index (χ3v) is 4.22. The van der Waals surface area contributed by atoms with E-state index in [1.807, 2.05) is 0 Å². The van der Waals surface area contributed by atoms with Crippen LogP contribution in [0.1, 0.15) is 37.0 Å². The summed E-state index contributed by atoms with van der Waals surface area (Å²) in [6.07, 6.45) is 0. The molecule has 102 valence electrons. The van der Waals surface area contributed by atoms with Crippen LogP contribution in [-0.4, -0.2) is 4.98 Å². The Morgan fingerprint density at radius 2 is 1.84 bits per heavy atom. The van der Waals surface area contributed by atoms with Crippen LogP contribution in [0.2, 0.25) is 0 Å². The minimum Gasteiger partial charge on any atom is -0.306 e. The van der Waals surface area contributed by atoms with Crippen LogP contribution in [-0.2, 0) is 18.5 Å². The number of aromatic nitrogens is 1. The lowest BCUT2D eigenvalue weighted by atomic mass is 9.93. The molecular weight excluding hydrogens is 320 g/mol. The van der Waals surface area contributed by atoms with Crippen LogP contribution in [0.25, 0.3) is 0 Å². The predicted octanol–water partition coefficient (Wildman–Crippen LogP) is 4.49. The molecule has 1 heterocycles. The van der Waals surface area contributed by atoms with E-state index in [1.165, 1.54) is 11.3 Å². The van der Waals surface area contributed by atoms with Gasteiger partial charge in [0.1, 0.15) is 5.01 Å². The number of halogens is 1. The van der Waals surface area contributed by atoms with E-state index < -0.39 is 0 Å². The summed E-state index contributed by atoms with van der Waals surface area (Å²) in [6.45, 7) is 8.29. The molecule has 0 saturated carbocycles. The fraction of sp³-hybridized carbons (Fsp3) is 0.400. The van der Waals surface area contributed by atoms with Gasteiger partial charge in [-0.2, -0.15) is 0 Å². The van der Waals surface area contributed by atoms with Crippen molar-refractivity contribution >= 4 is 27.3 Å². The average Bonchev–Trinajstić information content (AvgIpc) is 2.80. The van der Waals surface area contributed by atoms with E-state index in [0.29, 0.717) is 0 Å². The zero-order chi connectivity index (χ0) is 13.9. The largest absolute Gasteiger partial charge is 0.306 e. The first-order valence-electron chi connectivity index (χ1n) is 6.35. The van der Waals surface area contributed by atoms with Crippen LogP contribution in [0.3, 0.4) is 0 Å². The number of nitrogens with one attached hydrogen (secondary N) is 1. The Hall–Kier alpha value is -0.710. The van der Waals surface area contributed by atoms with Crippen molar-refractivity contribution in [1.29, 1.82) is 0 Å². The first-order chi connectivity index (χ1) is 8.95. The molecule has 0 spiro atoms. The second kappa shape index (κ2) is 6.16. The highest BCUT2D eigenvalue weighted by molar-refractivity contribution is 9.10.